The van der Waals surface area contributed by atoms with Gasteiger partial charge in [-0.25, -0.2) is 9.97 Å². The van der Waals surface area contributed by atoms with Crippen LogP contribution in [0.3, 0.4) is 0 Å². The fraction of sp³-hybridized carbons (Fsp3) is 0.688. The molecule has 0 radical (unpaired) electrons. The quantitative estimate of drug-likeness (QED) is 0.522. The van der Waals surface area contributed by atoms with Crippen molar-refractivity contribution < 1.29 is 24.1 Å². The Labute approximate surface area is 151 Å². The number of fused-ring (bicyclic) bond motifs is 1. The van der Waals surface area contributed by atoms with E-state index in [1.165, 1.54) is 6.33 Å². The molecule has 1 fully saturated rings. The molecule has 3 N–H and O–H groups in total. The van der Waals surface area contributed by atoms with Gasteiger partial charge in [0.25, 0.3) is 0 Å². The van der Waals surface area contributed by atoms with Crippen molar-refractivity contribution in [2.45, 2.75) is 25.2 Å². The lowest BCUT2D eigenvalue weighted by molar-refractivity contribution is -0.0207. The van der Waals surface area contributed by atoms with Gasteiger partial charge in [0.1, 0.15) is 19.2 Å². The number of aromatic nitrogens is 4. The molecule has 1 saturated heterocycles. The Morgan fingerprint density at radius 1 is 1.12 bits per heavy atom. The van der Waals surface area contributed by atoms with Gasteiger partial charge in [-0.3, -0.25) is 4.57 Å². The Kier molecular flexibility index (Phi) is 7.09. The van der Waals surface area contributed by atoms with Gasteiger partial charge in [-0.05, 0) is 12.8 Å². The van der Waals surface area contributed by atoms with Crippen molar-refractivity contribution in [3.05, 3.63) is 12.7 Å². The van der Waals surface area contributed by atoms with Crippen LogP contribution in [-0.4, -0.2) is 76.9 Å². The predicted octanol–water partition coefficient (Wildman–Crippen LogP) is -0.133. The minimum absolute atomic E-state index is 0.0176. The number of imidazole rings is 1. The molecule has 0 aliphatic carbocycles. The molecule has 2 atom stereocenters. The fourth-order valence-electron chi connectivity index (χ4n) is 2.78. The van der Waals surface area contributed by atoms with Crippen LogP contribution >= 0.6 is 0 Å². The summed E-state index contributed by atoms with van der Waals surface area (Å²) in [7, 11) is 0. The Morgan fingerprint density at radius 2 is 1.92 bits per heavy atom. The number of ether oxygens (including phenoxy) is 4. The molecule has 144 valence electrons. The first kappa shape index (κ1) is 18.9. The van der Waals surface area contributed by atoms with Crippen LogP contribution in [-0.2, 0) is 14.2 Å². The standard InChI is InChI=1S/C16H25N5O5/c17-3-4-23-5-6-24-7-8-25-16-14-15(18-10-19-16)21(11-20-14)13-2-1-12(9-22)26-13/h10-13,22H,1-9,17H2/t12-,13+/m0/s1. The molecule has 2 aromatic heterocycles. The second-order valence-corrected chi connectivity index (χ2v) is 5.84. The van der Waals surface area contributed by atoms with Crippen LogP contribution < -0.4 is 10.5 Å². The number of aliphatic hydroxyl groups is 1. The van der Waals surface area contributed by atoms with Crippen molar-refractivity contribution in [2.24, 2.45) is 5.73 Å². The summed E-state index contributed by atoms with van der Waals surface area (Å²) in [6.07, 6.45) is 4.40. The highest BCUT2D eigenvalue weighted by Gasteiger charge is 2.27. The molecule has 3 rings (SSSR count). The van der Waals surface area contributed by atoms with Crippen molar-refractivity contribution in [2.75, 3.05) is 46.2 Å². The summed E-state index contributed by atoms with van der Waals surface area (Å²) >= 11 is 0. The van der Waals surface area contributed by atoms with Crippen LogP contribution in [0.1, 0.15) is 19.1 Å². The number of nitrogens with zero attached hydrogens (tertiary/aromatic N) is 4. The van der Waals surface area contributed by atoms with Crippen LogP contribution in [0.4, 0.5) is 0 Å². The minimum Gasteiger partial charge on any atom is -0.474 e. The monoisotopic (exact) mass is 367 g/mol. The van der Waals surface area contributed by atoms with Gasteiger partial charge in [0, 0.05) is 6.54 Å². The third kappa shape index (κ3) is 4.65. The van der Waals surface area contributed by atoms with Crippen molar-refractivity contribution in [3.8, 4) is 5.88 Å². The molecule has 0 bridgehead atoms. The highest BCUT2D eigenvalue weighted by molar-refractivity contribution is 5.75. The highest BCUT2D eigenvalue weighted by atomic mass is 16.5. The lowest BCUT2D eigenvalue weighted by Crippen LogP contribution is -2.15. The van der Waals surface area contributed by atoms with Crippen LogP contribution in [0.5, 0.6) is 5.88 Å². The maximum atomic E-state index is 9.22. The maximum Gasteiger partial charge on any atom is 0.245 e. The first-order valence-electron chi connectivity index (χ1n) is 8.75. The first-order valence-corrected chi connectivity index (χ1v) is 8.75. The number of aliphatic hydroxyl groups excluding tert-OH is 1. The molecular weight excluding hydrogens is 342 g/mol. The SMILES string of the molecule is NCCOCCOCCOc1ncnc2c1ncn2[C@H]1CC[C@@H](CO)O1. The summed E-state index contributed by atoms with van der Waals surface area (Å²) in [5, 5.41) is 9.22. The zero-order valence-electron chi connectivity index (χ0n) is 14.6. The predicted molar refractivity (Wildman–Crippen MR) is 91.7 cm³/mol. The van der Waals surface area contributed by atoms with Gasteiger partial charge < -0.3 is 29.8 Å². The molecular formula is C16H25N5O5. The molecule has 1 aliphatic rings. The summed E-state index contributed by atoms with van der Waals surface area (Å²) < 4.78 is 24.0. The first-order chi connectivity index (χ1) is 12.8. The van der Waals surface area contributed by atoms with E-state index in [2.05, 4.69) is 15.0 Å². The van der Waals surface area contributed by atoms with Crippen molar-refractivity contribution in [3.63, 3.8) is 0 Å². The average Bonchev–Trinajstić information content (AvgIpc) is 3.30. The van der Waals surface area contributed by atoms with E-state index >= 15 is 0 Å². The number of hydrogen-bond donors (Lipinski definition) is 2. The Balaban J connectivity index is 1.52. The molecule has 10 nitrogen and oxygen atoms in total. The normalized spacial score (nSPS) is 20.1. The van der Waals surface area contributed by atoms with Gasteiger partial charge in [0.05, 0.1) is 45.5 Å². The smallest absolute Gasteiger partial charge is 0.245 e. The molecule has 0 aromatic carbocycles. The van der Waals surface area contributed by atoms with Crippen LogP contribution in [0.25, 0.3) is 11.2 Å². The summed E-state index contributed by atoms with van der Waals surface area (Å²) in [6, 6.07) is 0. The summed E-state index contributed by atoms with van der Waals surface area (Å²) in [6.45, 7) is 2.82. The fourth-order valence-corrected chi connectivity index (χ4v) is 2.78. The zero-order valence-corrected chi connectivity index (χ0v) is 14.6. The molecule has 0 unspecified atom stereocenters. The van der Waals surface area contributed by atoms with Crippen molar-refractivity contribution >= 4 is 11.2 Å². The van der Waals surface area contributed by atoms with Crippen molar-refractivity contribution in [1.82, 2.24) is 19.5 Å². The molecule has 26 heavy (non-hydrogen) atoms. The van der Waals surface area contributed by atoms with E-state index in [-0.39, 0.29) is 18.9 Å². The van der Waals surface area contributed by atoms with Crippen LogP contribution in [0.15, 0.2) is 12.7 Å². The van der Waals surface area contributed by atoms with E-state index in [0.717, 1.165) is 12.8 Å². The van der Waals surface area contributed by atoms with E-state index in [9.17, 15) is 5.11 Å². The van der Waals surface area contributed by atoms with Crippen LogP contribution in [0, 0.1) is 0 Å². The molecule has 1 aliphatic heterocycles. The number of hydrogen-bond acceptors (Lipinski definition) is 9. The summed E-state index contributed by atoms with van der Waals surface area (Å²) in [5.41, 5.74) is 6.56. The molecule has 10 heteroatoms. The van der Waals surface area contributed by atoms with E-state index in [1.807, 2.05) is 4.57 Å². The highest BCUT2D eigenvalue weighted by Crippen LogP contribution is 2.31. The maximum absolute atomic E-state index is 9.22. The van der Waals surface area contributed by atoms with E-state index in [4.69, 9.17) is 24.7 Å². The van der Waals surface area contributed by atoms with E-state index in [1.54, 1.807) is 6.33 Å². The second-order valence-electron chi connectivity index (χ2n) is 5.84. The van der Waals surface area contributed by atoms with Gasteiger partial charge in [-0.2, -0.15) is 4.98 Å². The van der Waals surface area contributed by atoms with E-state index in [0.29, 0.717) is 56.6 Å². The third-order valence-corrected chi connectivity index (χ3v) is 4.02. The Hall–Kier alpha value is -1.85. The number of nitrogens with two attached hydrogens (primary N) is 1. The van der Waals surface area contributed by atoms with Gasteiger partial charge in [0.15, 0.2) is 11.2 Å². The lowest BCUT2D eigenvalue weighted by atomic mass is 10.2. The van der Waals surface area contributed by atoms with Gasteiger partial charge in [-0.15, -0.1) is 0 Å². The summed E-state index contributed by atoms with van der Waals surface area (Å²) in [4.78, 5) is 12.8. The average molecular weight is 367 g/mol. The summed E-state index contributed by atoms with van der Waals surface area (Å²) in [5.74, 6) is 0.411. The molecule has 2 aromatic rings. The second kappa shape index (κ2) is 9.74. The van der Waals surface area contributed by atoms with E-state index < -0.39 is 0 Å². The molecule has 0 spiro atoms. The minimum atomic E-state index is -0.184. The number of rotatable bonds is 11. The van der Waals surface area contributed by atoms with Crippen LogP contribution in [0.2, 0.25) is 0 Å². The Bertz CT molecular complexity index is 682. The molecule has 3 heterocycles. The molecule has 0 amide bonds. The third-order valence-electron chi connectivity index (χ3n) is 4.02. The largest absolute Gasteiger partial charge is 0.474 e. The van der Waals surface area contributed by atoms with Gasteiger partial charge >= 0.3 is 0 Å². The topological polar surface area (TPSA) is 127 Å². The zero-order chi connectivity index (χ0) is 18.2. The lowest BCUT2D eigenvalue weighted by Gasteiger charge is -2.13. The van der Waals surface area contributed by atoms with Gasteiger partial charge in [-0.1, -0.05) is 0 Å². The Morgan fingerprint density at radius 3 is 2.69 bits per heavy atom. The molecule has 0 saturated carbocycles. The van der Waals surface area contributed by atoms with Crippen molar-refractivity contribution in [1.29, 1.82) is 0 Å². The van der Waals surface area contributed by atoms with Gasteiger partial charge in [0.2, 0.25) is 5.88 Å².